The van der Waals surface area contributed by atoms with Gasteiger partial charge in [-0.3, -0.25) is 0 Å². The molecule has 1 saturated heterocycles. The van der Waals surface area contributed by atoms with Crippen molar-refractivity contribution < 1.29 is 5.11 Å². The minimum atomic E-state index is -0.418. The maximum atomic E-state index is 9.64. The molecular weight excluding hydrogens is 304 g/mol. The highest BCUT2D eigenvalue weighted by atomic mass is 79.9. The summed E-state index contributed by atoms with van der Waals surface area (Å²) in [6.45, 7) is 7.40. The van der Waals surface area contributed by atoms with Gasteiger partial charge in [-0.05, 0) is 67.5 Å². The van der Waals surface area contributed by atoms with E-state index in [2.05, 4.69) is 45.8 Å². The molecule has 1 fully saturated rings. The average Bonchev–Trinajstić information content (AvgIpc) is 2.50. The van der Waals surface area contributed by atoms with Crippen LogP contribution >= 0.6 is 15.9 Å². The topological polar surface area (TPSA) is 26.7 Å². The molecule has 0 saturated carbocycles. The Hall–Kier alpha value is -0.580. The highest BCUT2D eigenvalue weighted by Crippen LogP contribution is 2.31. The molecule has 0 bridgehead atoms. The largest absolute Gasteiger partial charge is 0.389 e. The summed E-state index contributed by atoms with van der Waals surface area (Å²) in [7, 11) is 2.19. The van der Waals surface area contributed by atoms with Gasteiger partial charge in [-0.1, -0.05) is 6.07 Å². The smallest absolute Gasteiger partial charge is 0.0762 e. The SMILES string of the molecule is CC1CN(C)CCCN1c1ccc([C@H](C)O)cc1Br. The summed E-state index contributed by atoms with van der Waals surface area (Å²) in [6, 6.07) is 6.67. The Kier molecular flexibility index (Phi) is 4.87. The molecule has 1 aliphatic heterocycles. The van der Waals surface area contributed by atoms with Crippen LogP contribution in [0.15, 0.2) is 22.7 Å². The number of halogens is 1. The highest BCUT2D eigenvalue weighted by Gasteiger charge is 2.21. The molecule has 3 nitrogen and oxygen atoms in total. The van der Waals surface area contributed by atoms with Gasteiger partial charge in [0.25, 0.3) is 0 Å². The van der Waals surface area contributed by atoms with Crippen molar-refractivity contribution in [1.82, 2.24) is 4.90 Å². The number of hydrogen-bond donors (Lipinski definition) is 1. The minimum absolute atomic E-state index is 0.418. The van der Waals surface area contributed by atoms with Gasteiger partial charge in [0.15, 0.2) is 0 Å². The quantitative estimate of drug-likeness (QED) is 0.904. The van der Waals surface area contributed by atoms with E-state index < -0.39 is 6.10 Å². The summed E-state index contributed by atoms with van der Waals surface area (Å²) < 4.78 is 1.07. The maximum absolute atomic E-state index is 9.64. The second kappa shape index (κ2) is 6.25. The van der Waals surface area contributed by atoms with E-state index >= 15 is 0 Å². The van der Waals surface area contributed by atoms with Gasteiger partial charge >= 0.3 is 0 Å². The molecule has 1 aliphatic rings. The van der Waals surface area contributed by atoms with E-state index in [9.17, 15) is 5.11 Å². The van der Waals surface area contributed by atoms with Crippen LogP contribution in [0.5, 0.6) is 0 Å². The van der Waals surface area contributed by atoms with Gasteiger partial charge in [0.1, 0.15) is 0 Å². The molecule has 19 heavy (non-hydrogen) atoms. The number of likely N-dealkylation sites (N-methyl/N-ethyl adjacent to an activating group) is 1. The van der Waals surface area contributed by atoms with Crippen molar-refractivity contribution in [2.75, 3.05) is 31.6 Å². The zero-order valence-corrected chi connectivity index (χ0v) is 13.5. The number of aliphatic hydroxyl groups excluding tert-OH is 1. The predicted molar refractivity (Wildman–Crippen MR) is 83.7 cm³/mol. The van der Waals surface area contributed by atoms with Crippen molar-refractivity contribution in [2.24, 2.45) is 0 Å². The molecule has 2 atom stereocenters. The Labute approximate surface area is 124 Å². The standard InChI is InChI=1S/C15H23BrN2O/c1-11-10-17(3)7-4-8-18(11)15-6-5-13(12(2)19)9-14(15)16/h5-6,9,11-12,19H,4,7-8,10H2,1-3H3/t11?,12-/m0/s1. The lowest BCUT2D eigenvalue weighted by molar-refractivity contribution is 0.199. The molecule has 0 aliphatic carbocycles. The lowest BCUT2D eigenvalue weighted by Crippen LogP contribution is -2.38. The zero-order chi connectivity index (χ0) is 14.0. The third-order valence-electron chi connectivity index (χ3n) is 3.81. The van der Waals surface area contributed by atoms with E-state index in [4.69, 9.17) is 0 Å². The lowest BCUT2D eigenvalue weighted by Gasteiger charge is -2.31. The molecule has 106 valence electrons. The van der Waals surface area contributed by atoms with Crippen molar-refractivity contribution in [3.63, 3.8) is 0 Å². The molecule has 0 spiro atoms. The van der Waals surface area contributed by atoms with Gasteiger partial charge in [0.2, 0.25) is 0 Å². The summed E-state index contributed by atoms with van der Waals surface area (Å²) in [4.78, 5) is 4.85. The Morgan fingerprint density at radius 2 is 2.11 bits per heavy atom. The molecule has 0 aromatic heterocycles. The van der Waals surface area contributed by atoms with Crippen molar-refractivity contribution in [3.8, 4) is 0 Å². The molecule has 1 unspecified atom stereocenters. The maximum Gasteiger partial charge on any atom is 0.0762 e. The van der Waals surface area contributed by atoms with Crippen molar-refractivity contribution >= 4 is 21.6 Å². The minimum Gasteiger partial charge on any atom is -0.389 e. The lowest BCUT2D eigenvalue weighted by atomic mass is 10.1. The number of anilines is 1. The molecule has 0 amide bonds. The van der Waals surface area contributed by atoms with Crippen LogP contribution in [0, 0.1) is 0 Å². The third kappa shape index (κ3) is 3.50. The van der Waals surface area contributed by atoms with Crippen LogP contribution in [0.1, 0.15) is 31.9 Å². The van der Waals surface area contributed by atoms with Crippen LogP contribution in [-0.2, 0) is 0 Å². The second-order valence-electron chi connectivity index (χ2n) is 5.55. The molecule has 1 aromatic carbocycles. The van der Waals surface area contributed by atoms with Crippen LogP contribution in [0.3, 0.4) is 0 Å². The van der Waals surface area contributed by atoms with Crippen LogP contribution < -0.4 is 4.90 Å². The van der Waals surface area contributed by atoms with Crippen LogP contribution in [-0.4, -0.2) is 42.7 Å². The van der Waals surface area contributed by atoms with Crippen molar-refractivity contribution in [2.45, 2.75) is 32.4 Å². The van der Waals surface area contributed by atoms with E-state index in [-0.39, 0.29) is 0 Å². The number of aliphatic hydroxyl groups is 1. The molecule has 0 radical (unpaired) electrons. The van der Waals surface area contributed by atoms with E-state index in [0.29, 0.717) is 6.04 Å². The van der Waals surface area contributed by atoms with Crippen LogP contribution in [0.25, 0.3) is 0 Å². The van der Waals surface area contributed by atoms with Gasteiger partial charge in [-0.25, -0.2) is 0 Å². The first-order valence-corrected chi connectivity index (χ1v) is 7.71. The molecule has 1 heterocycles. The second-order valence-corrected chi connectivity index (χ2v) is 6.40. The van der Waals surface area contributed by atoms with Crippen LogP contribution in [0.2, 0.25) is 0 Å². The van der Waals surface area contributed by atoms with Gasteiger partial charge in [-0.15, -0.1) is 0 Å². The molecule has 1 N–H and O–H groups in total. The molecule has 1 aromatic rings. The Bertz CT molecular complexity index is 436. The zero-order valence-electron chi connectivity index (χ0n) is 11.9. The summed E-state index contributed by atoms with van der Waals surface area (Å²) in [5.41, 5.74) is 2.18. The fourth-order valence-corrected chi connectivity index (χ4v) is 3.37. The van der Waals surface area contributed by atoms with Gasteiger partial charge in [0.05, 0.1) is 11.8 Å². The third-order valence-corrected chi connectivity index (χ3v) is 4.45. The number of benzene rings is 1. The summed E-state index contributed by atoms with van der Waals surface area (Å²) >= 11 is 3.65. The number of nitrogens with zero attached hydrogens (tertiary/aromatic N) is 2. The van der Waals surface area contributed by atoms with E-state index in [1.165, 1.54) is 12.1 Å². The van der Waals surface area contributed by atoms with Gasteiger partial charge < -0.3 is 14.9 Å². The Morgan fingerprint density at radius 1 is 1.37 bits per heavy atom. The first kappa shape index (κ1) is 14.8. The van der Waals surface area contributed by atoms with Gasteiger partial charge in [0, 0.05) is 23.6 Å². The summed E-state index contributed by atoms with van der Waals surface area (Å²) in [5, 5.41) is 9.64. The molecular formula is C15H23BrN2O. The number of hydrogen-bond acceptors (Lipinski definition) is 3. The highest BCUT2D eigenvalue weighted by molar-refractivity contribution is 9.10. The Morgan fingerprint density at radius 3 is 2.74 bits per heavy atom. The predicted octanol–water partition coefficient (Wildman–Crippen LogP) is 3.03. The van der Waals surface area contributed by atoms with E-state index in [1.54, 1.807) is 6.92 Å². The van der Waals surface area contributed by atoms with Crippen molar-refractivity contribution in [3.05, 3.63) is 28.2 Å². The van der Waals surface area contributed by atoms with E-state index in [1.807, 2.05) is 12.1 Å². The molecule has 4 heteroatoms. The number of rotatable bonds is 2. The van der Waals surface area contributed by atoms with Gasteiger partial charge in [-0.2, -0.15) is 0 Å². The van der Waals surface area contributed by atoms with Crippen molar-refractivity contribution in [1.29, 1.82) is 0 Å². The van der Waals surface area contributed by atoms with E-state index in [0.717, 1.165) is 29.7 Å². The normalized spacial score (nSPS) is 23.2. The average molecular weight is 327 g/mol. The first-order valence-electron chi connectivity index (χ1n) is 6.91. The Balaban J connectivity index is 2.25. The fraction of sp³-hybridized carbons (Fsp3) is 0.600. The fourth-order valence-electron chi connectivity index (χ4n) is 2.75. The van der Waals surface area contributed by atoms with Crippen LogP contribution in [0.4, 0.5) is 5.69 Å². The molecule has 2 rings (SSSR count). The first-order chi connectivity index (χ1) is 8.99. The summed E-state index contributed by atoms with van der Waals surface area (Å²) in [6.07, 6.45) is 0.767. The monoisotopic (exact) mass is 326 g/mol. The summed E-state index contributed by atoms with van der Waals surface area (Å²) in [5.74, 6) is 0.